The van der Waals surface area contributed by atoms with Crippen LogP contribution in [0.1, 0.15) is 30.2 Å². The lowest BCUT2D eigenvalue weighted by Crippen LogP contribution is -2.41. The summed E-state index contributed by atoms with van der Waals surface area (Å²) in [6.45, 7) is 3.15. The van der Waals surface area contributed by atoms with E-state index >= 15 is 0 Å². The number of rotatable bonds is 4. The number of carbonyl (C=O) groups excluding carboxylic acids is 1. The van der Waals surface area contributed by atoms with Gasteiger partial charge in [0.25, 0.3) is 5.91 Å². The molecule has 1 aromatic heterocycles. The molecule has 1 aliphatic rings. The van der Waals surface area contributed by atoms with E-state index in [-0.39, 0.29) is 18.4 Å². The number of nitrogens with one attached hydrogen (secondary N) is 1. The number of likely N-dealkylation sites (tertiary alicyclic amines) is 1. The molecule has 1 atom stereocenters. The maximum atomic E-state index is 12.3. The van der Waals surface area contributed by atoms with Crippen LogP contribution in [0.15, 0.2) is 33.5 Å². The van der Waals surface area contributed by atoms with Crippen LogP contribution in [-0.4, -0.2) is 40.7 Å². The van der Waals surface area contributed by atoms with E-state index < -0.39 is 5.76 Å². The Hall–Kier alpha value is -2.57. The molecule has 0 saturated carbocycles. The van der Waals surface area contributed by atoms with Gasteiger partial charge in [0.2, 0.25) is 5.89 Å². The van der Waals surface area contributed by atoms with Crippen LogP contribution in [0.4, 0.5) is 0 Å². The van der Waals surface area contributed by atoms with E-state index in [0.717, 1.165) is 18.4 Å². The van der Waals surface area contributed by atoms with Crippen molar-refractivity contribution in [1.82, 2.24) is 15.1 Å². The summed E-state index contributed by atoms with van der Waals surface area (Å²) in [5.74, 6) is 0.364. The van der Waals surface area contributed by atoms with Crippen LogP contribution in [0.2, 0.25) is 0 Å². The number of benzene rings is 1. The van der Waals surface area contributed by atoms with Crippen molar-refractivity contribution in [1.29, 1.82) is 0 Å². The van der Waals surface area contributed by atoms with Crippen LogP contribution < -0.4 is 10.5 Å². The molecule has 2 heterocycles. The minimum atomic E-state index is -0.564. The van der Waals surface area contributed by atoms with Crippen molar-refractivity contribution in [3.8, 4) is 5.75 Å². The van der Waals surface area contributed by atoms with Crippen LogP contribution in [-0.2, 0) is 4.79 Å². The van der Waals surface area contributed by atoms with Gasteiger partial charge in [0.15, 0.2) is 6.61 Å². The zero-order valence-electron chi connectivity index (χ0n) is 12.9. The first-order valence-electron chi connectivity index (χ1n) is 7.64. The molecule has 1 unspecified atom stereocenters. The maximum Gasteiger partial charge on any atom is 0.434 e. The van der Waals surface area contributed by atoms with Crippen LogP contribution in [0.3, 0.4) is 0 Å². The molecule has 0 radical (unpaired) electrons. The fraction of sp³-hybridized carbons (Fsp3) is 0.438. The molecule has 3 rings (SSSR count). The number of hydrogen-bond acceptors (Lipinski definition) is 5. The summed E-state index contributed by atoms with van der Waals surface area (Å²) in [6.07, 6.45) is 1.69. The molecule has 0 bridgehead atoms. The van der Waals surface area contributed by atoms with Gasteiger partial charge in [-0.15, -0.1) is 5.10 Å². The molecule has 1 fully saturated rings. The number of aryl methyl sites for hydroxylation is 1. The first kappa shape index (κ1) is 15.3. The van der Waals surface area contributed by atoms with Crippen LogP contribution in [0.25, 0.3) is 0 Å². The predicted octanol–water partition coefficient (Wildman–Crippen LogP) is 1.46. The van der Waals surface area contributed by atoms with Gasteiger partial charge in [-0.25, -0.2) is 9.89 Å². The fourth-order valence-electron chi connectivity index (χ4n) is 2.76. The molecule has 1 aromatic carbocycles. The number of carbonyl (C=O) groups is 1. The molecule has 2 aromatic rings. The van der Waals surface area contributed by atoms with E-state index in [2.05, 4.69) is 10.2 Å². The Morgan fingerprint density at radius 3 is 3.13 bits per heavy atom. The zero-order chi connectivity index (χ0) is 16.2. The average molecular weight is 317 g/mol. The standard InChI is InChI=1S/C16H19N3O4/c1-11-4-2-6-13(8-11)22-10-14(20)19-7-3-5-12(9-19)15-17-18-16(21)23-15/h2,4,6,8,12H,3,5,7,9-10H2,1H3,(H,18,21). The number of aromatic amines is 1. The Morgan fingerprint density at radius 1 is 1.52 bits per heavy atom. The van der Waals surface area contributed by atoms with E-state index in [1.165, 1.54) is 0 Å². The number of piperidine rings is 1. The van der Waals surface area contributed by atoms with Gasteiger partial charge in [0, 0.05) is 13.1 Å². The van der Waals surface area contributed by atoms with Crippen molar-refractivity contribution >= 4 is 5.91 Å². The third-order valence-electron chi connectivity index (χ3n) is 3.93. The van der Waals surface area contributed by atoms with Gasteiger partial charge in [-0.1, -0.05) is 12.1 Å². The normalized spacial score (nSPS) is 18.0. The summed E-state index contributed by atoms with van der Waals surface area (Å²) in [7, 11) is 0. The maximum absolute atomic E-state index is 12.3. The Morgan fingerprint density at radius 2 is 2.39 bits per heavy atom. The van der Waals surface area contributed by atoms with Gasteiger partial charge in [0.1, 0.15) is 5.75 Å². The first-order chi connectivity index (χ1) is 11.1. The van der Waals surface area contributed by atoms with Gasteiger partial charge in [-0.2, -0.15) is 0 Å². The average Bonchev–Trinajstić information content (AvgIpc) is 2.99. The molecule has 1 N–H and O–H groups in total. The monoisotopic (exact) mass is 317 g/mol. The number of ether oxygens (including phenoxy) is 1. The SMILES string of the molecule is Cc1cccc(OCC(=O)N2CCCC(c3n[nH]c(=O)o3)C2)c1. The van der Waals surface area contributed by atoms with Crippen molar-refractivity contribution in [2.45, 2.75) is 25.7 Å². The van der Waals surface area contributed by atoms with Crippen LogP contribution in [0.5, 0.6) is 5.75 Å². The van der Waals surface area contributed by atoms with Gasteiger partial charge in [0.05, 0.1) is 5.92 Å². The Labute approximate surface area is 133 Å². The van der Waals surface area contributed by atoms with Gasteiger partial charge < -0.3 is 14.1 Å². The topological polar surface area (TPSA) is 88.4 Å². The van der Waals surface area contributed by atoms with Gasteiger partial charge in [-0.3, -0.25) is 4.79 Å². The lowest BCUT2D eigenvalue weighted by atomic mass is 9.98. The first-order valence-corrected chi connectivity index (χ1v) is 7.64. The Kier molecular flexibility index (Phi) is 4.45. The third kappa shape index (κ3) is 3.80. The van der Waals surface area contributed by atoms with Crippen molar-refractivity contribution in [3.05, 3.63) is 46.3 Å². The fourth-order valence-corrected chi connectivity index (χ4v) is 2.76. The number of H-pyrrole nitrogens is 1. The van der Waals surface area contributed by atoms with Gasteiger partial charge in [-0.05, 0) is 37.5 Å². The molecule has 0 aliphatic carbocycles. The number of hydrogen-bond donors (Lipinski definition) is 1. The van der Waals surface area contributed by atoms with Crippen molar-refractivity contribution in [3.63, 3.8) is 0 Å². The van der Waals surface area contributed by atoms with E-state index in [1.807, 2.05) is 31.2 Å². The lowest BCUT2D eigenvalue weighted by Gasteiger charge is -2.31. The number of amides is 1. The second kappa shape index (κ2) is 6.68. The minimum Gasteiger partial charge on any atom is -0.484 e. The summed E-state index contributed by atoms with van der Waals surface area (Å²) in [6, 6.07) is 7.59. The lowest BCUT2D eigenvalue weighted by molar-refractivity contribution is -0.134. The molecular weight excluding hydrogens is 298 g/mol. The number of nitrogens with zero attached hydrogens (tertiary/aromatic N) is 2. The van der Waals surface area contributed by atoms with E-state index in [9.17, 15) is 9.59 Å². The second-order valence-electron chi connectivity index (χ2n) is 5.74. The highest BCUT2D eigenvalue weighted by molar-refractivity contribution is 5.78. The summed E-state index contributed by atoms with van der Waals surface area (Å²) >= 11 is 0. The van der Waals surface area contributed by atoms with E-state index in [4.69, 9.17) is 9.15 Å². The molecular formula is C16H19N3O4. The Bertz CT molecular complexity index is 737. The highest BCUT2D eigenvalue weighted by atomic mass is 16.5. The second-order valence-corrected chi connectivity index (χ2v) is 5.74. The highest BCUT2D eigenvalue weighted by Gasteiger charge is 2.28. The summed E-state index contributed by atoms with van der Waals surface area (Å²) in [5.41, 5.74) is 1.08. The minimum absolute atomic E-state index is 0.000682. The smallest absolute Gasteiger partial charge is 0.434 e. The molecule has 122 valence electrons. The molecule has 23 heavy (non-hydrogen) atoms. The highest BCUT2D eigenvalue weighted by Crippen LogP contribution is 2.24. The molecule has 0 spiro atoms. The molecule has 1 amide bonds. The summed E-state index contributed by atoms with van der Waals surface area (Å²) < 4.78 is 10.6. The summed E-state index contributed by atoms with van der Waals surface area (Å²) in [4.78, 5) is 25.1. The predicted molar refractivity (Wildman–Crippen MR) is 82.4 cm³/mol. The molecule has 1 aliphatic heterocycles. The molecule has 7 nitrogen and oxygen atoms in total. The third-order valence-corrected chi connectivity index (χ3v) is 3.93. The van der Waals surface area contributed by atoms with Gasteiger partial charge >= 0.3 is 5.76 Å². The van der Waals surface area contributed by atoms with Crippen molar-refractivity contribution in [2.75, 3.05) is 19.7 Å². The largest absolute Gasteiger partial charge is 0.484 e. The van der Waals surface area contributed by atoms with Crippen molar-refractivity contribution in [2.24, 2.45) is 0 Å². The Balaban J connectivity index is 1.57. The molecule has 1 saturated heterocycles. The van der Waals surface area contributed by atoms with Crippen LogP contribution >= 0.6 is 0 Å². The summed E-state index contributed by atoms with van der Waals surface area (Å²) in [5, 5.41) is 6.12. The number of aromatic nitrogens is 2. The molecule has 7 heteroatoms. The van der Waals surface area contributed by atoms with E-state index in [0.29, 0.717) is 24.7 Å². The zero-order valence-corrected chi connectivity index (χ0v) is 12.9. The van der Waals surface area contributed by atoms with E-state index in [1.54, 1.807) is 4.90 Å². The quantitative estimate of drug-likeness (QED) is 0.922. The van der Waals surface area contributed by atoms with Crippen LogP contribution in [0, 0.1) is 6.92 Å². The van der Waals surface area contributed by atoms with Crippen molar-refractivity contribution < 1.29 is 13.9 Å².